The molecule has 5 heterocycles. The Morgan fingerprint density at radius 3 is 2.47 bits per heavy atom. The normalized spacial score (nSPS) is 19.2. The van der Waals surface area contributed by atoms with E-state index < -0.39 is 0 Å². The first kappa shape index (κ1) is 22.5. The molecule has 2 saturated heterocycles. The van der Waals surface area contributed by atoms with Crippen molar-refractivity contribution in [2.75, 3.05) is 23.7 Å². The van der Waals surface area contributed by atoms with Crippen molar-refractivity contribution in [2.45, 2.75) is 38.4 Å². The zero-order valence-electron chi connectivity index (χ0n) is 20.2. The van der Waals surface area contributed by atoms with Crippen LogP contribution >= 0.6 is 0 Å². The van der Waals surface area contributed by atoms with Crippen molar-refractivity contribution in [2.24, 2.45) is 0 Å². The molecule has 0 amide bonds. The fourth-order valence-electron chi connectivity index (χ4n) is 5.05. The lowest BCUT2D eigenvalue weighted by Crippen LogP contribution is -2.51. The van der Waals surface area contributed by atoms with Crippen LogP contribution in [0.1, 0.15) is 24.1 Å². The summed E-state index contributed by atoms with van der Waals surface area (Å²) in [6, 6.07) is 19.2. The van der Waals surface area contributed by atoms with Gasteiger partial charge in [0.15, 0.2) is 5.82 Å². The molecule has 9 nitrogen and oxygen atoms in total. The maximum absolute atomic E-state index is 4.63. The number of piperazine rings is 1. The second-order valence-electron chi connectivity index (χ2n) is 9.36. The van der Waals surface area contributed by atoms with Crippen molar-refractivity contribution in [3.05, 3.63) is 78.2 Å². The van der Waals surface area contributed by atoms with Gasteiger partial charge >= 0.3 is 0 Å². The molecule has 6 rings (SSSR count). The number of rotatable bonds is 7. The number of fused-ring (bicyclic) bond motifs is 2. The minimum Gasteiger partial charge on any atom is -0.325 e. The summed E-state index contributed by atoms with van der Waals surface area (Å²) < 4.78 is 0. The molecule has 36 heavy (non-hydrogen) atoms. The van der Waals surface area contributed by atoms with E-state index in [0.29, 0.717) is 35.5 Å². The van der Waals surface area contributed by atoms with E-state index in [0.717, 1.165) is 36.7 Å². The number of benzene rings is 1. The van der Waals surface area contributed by atoms with E-state index >= 15 is 0 Å². The van der Waals surface area contributed by atoms with Crippen LogP contribution in [-0.4, -0.2) is 55.0 Å². The topological polar surface area (TPSA) is 104 Å². The summed E-state index contributed by atoms with van der Waals surface area (Å²) in [5, 5.41) is 10.2. The SMILES string of the molecule is Cc1cccc(-c2nccc(Nc3ccnc(Nc4cccc(CN5C6CCC5CNC6)c4)n3)n2)n1. The maximum Gasteiger partial charge on any atom is 0.229 e. The average molecular weight is 480 g/mol. The van der Waals surface area contributed by atoms with Crippen molar-refractivity contribution in [1.29, 1.82) is 0 Å². The summed E-state index contributed by atoms with van der Waals surface area (Å²) in [7, 11) is 0. The van der Waals surface area contributed by atoms with Gasteiger partial charge in [-0.3, -0.25) is 4.90 Å². The second-order valence-corrected chi connectivity index (χ2v) is 9.36. The Morgan fingerprint density at radius 1 is 0.861 bits per heavy atom. The van der Waals surface area contributed by atoms with E-state index in [-0.39, 0.29) is 0 Å². The molecule has 2 bridgehead atoms. The predicted molar refractivity (Wildman–Crippen MR) is 140 cm³/mol. The largest absolute Gasteiger partial charge is 0.325 e. The lowest BCUT2D eigenvalue weighted by molar-refractivity contribution is 0.145. The molecule has 2 aliphatic heterocycles. The Bertz CT molecular complexity index is 1340. The number of aromatic nitrogens is 5. The molecule has 0 saturated carbocycles. The zero-order chi connectivity index (χ0) is 24.3. The molecule has 0 radical (unpaired) electrons. The van der Waals surface area contributed by atoms with Crippen molar-refractivity contribution in [3.8, 4) is 11.5 Å². The molecule has 0 aliphatic carbocycles. The van der Waals surface area contributed by atoms with Crippen LogP contribution in [-0.2, 0) is 6.54 Å². The van der Waals surface area contributed by atoms with E-state index in [1.54, 1.807) is 18.5 Å². The fraction of sp³-hybridized carbons (Fsp3) is 0.296. The van der Waals surface area contributed by atoms with Crippen LogP contribution in [0.25, 0.3) is 11.5 Å². The summed E-state index contributed by atoms with van der Waals surface area (Å²) in [6.45, 7) is 5.11. The van der Waals surface area contributed by atoms with Crippen LogP contribution in [0.15, 0.2) is 67.0 Å². The molecule has 182 valence electrons. The number of pyridine rings is 1. The summed E-state index contributed by atoms with van der Waals surface area (Å²) in [5.74, 6) is 2.36. The van der Waals surface area contributed by atoms with Gasteiger partial charge in [0.25, 0.3) is 0 Å². The first-order valence-corrected chi connectivity index (χ1v) is 12.4. The molecular weight excluding hydrogens is 450 g/mol. The van der Waals surface area contributed by atoms with Gasteiger partial charge in [0.05, 0.1) is 0 Å². The molecule has 2 fully saturated rings. The van der Waals surface area contributed by atoms with Gasteiger partial charge in [0.1, 0.15) is 17.3 Å². The minimum atomic E-state index is 0.522. The highest BCUT2D eigenvalue weighted by Gasteiger charge is 2.36. The number of hydrogen-bond donors (Lipinski definition) is 3. The third kappa shape index (κ3) is 5.02. The number of hydrogen-bond acceptors (Lipinski definition) is 9. The smallest absolute Gasteiger partial charge is 0.229 e. The molecule has 2 unspecified atom stereocenters. The highest BCUT2D eigenvalue weighted by Crippen LogP contribution is 2.29. The van der Waals surface area contributed by atoms with Crippen LogP contribution in [0.5, 0.6) is 0 Å². The Kier molecular flexibility index (Phi) is 6.23. The number of nitrogens with zero attached hydrogens (tertiary/aromatic N) is 6. The molecule has 4 aromatic rings. The van der Waals surface area contributed by atoms with E-state index in [1.165, 1.54) is 18.4 Å². The van der Waals surface area contributed by atoms with E-state index in [1.807, 2.05) is 37.3 Å². The van der Waals surface area contributed by atoms with Crippen LogP contribution < -0.4 is 16.0 Å². The van der Waals surface area contributed by atoms with Crippen molar-refractivity contribution >= 4 is 23.3 Å². The average Bonchev–Trinajstić information content (AvgIpc) is 3.09. The fourth-order valence-corrected chi connectivity index (χ4v) is 5.05. The molecule has 2 aliphatic rings. The Morgan fingerprint density at radius 2 is 1.64 bits per heavy atom. The van der Waals surface area contributed by atoms with Crippen LogP contribution in [0.3, 0.4) is 0 Å². The molecule has 3 aromatic heterocycles. The highest BCUT2D eigenvalue weighted by atomic mass is 15.3. The van der Waals surface area contributed by atoms with Gasteiger partial charge in [-0.25, -0.2) is 19.9 Å². The lowest BCUT2D eigenvalue weighted by Gasteiger charge is -2.35. The maximum atomic E-state index is 4.63. The first-order valence-electron chi connectivity index (χ1n) is 12.4. The van der Waals surface area contributed by atoms with E-state index in [4.69, 9.17) is 0 Å². The number of nitrogens with one attached hydrogen (secondary N) is 3. The van der Waals surface area contributed by atoms with Crippen molar-refractivity contribution in [3.63, 3.8) is 0 Å². The summed E-state index contributed by atoms with van der Waals surface area (Å²) >= 11 is 0. The van der Waals surface area contributed by atoms with Crippen LogP contribution in [0.4, 0.5) is 23.3 Å². The van der Waals surface area contributed by atoms with Gasteiger partial charge in [-0.05, 0) is 61.7 Å². The van der Waals surface area contributed by atoms with Gasteiger partial charge in [-0.2, -0.15) is 4.98 Å². The molecule has 0 spiro atoms. The summed E-state index contributed by atoms with van der Waals surface area (Å²) in [4.78, 5) is 25.2. The molecule has 2 atom stereocenters. The van der Waals surface area contributed by atoms with Gasteiger partial charge in [-0.1, -0.05) is 18.2 Å². The molecule has 1 aromatic carbocycles. The van der Waals surface area contributed by atoms with Gasteiger partial charge in [0.2, 0.25) is 5.95 Å². The van der Waals surface area contributed by atoms with Crippen LogP contribution in [0, 0.1) is 6.92 Å². The highest BCUT2D eigenvalue weighted by molar-refractivity contribution is 5.59. The van der Waals surface area contributed by atoms with Gasteiger partial charge in [0, 0.05) is 55.5 Å². The third-order valence-corrected chi connectivity index (χ3v) is 6.76. The molecular formula is C27H29N9. The van der Waals surface area contributed by atoms with Crippen molar-refractivity contribution < 1.29 is 0 Å². The lowest BCUT2D eigenvalue weighted by atomic mass is 10.1. The standard InChI is InChI=1S/C27H29N9/c1-18-4-2-7-23(31-18)26-29-12-10-24(34-26)33-25-11-13-30-27(35-25)32-20-6-3-5-19(14-20)17-36-21-8-9-22(36)16-28-15-21/h2-7,10-14,21-22,28H,8-9,15-17H2,1H3,(H2,29,30,32,33,34,35). The van der Waals surface area contributed by atoms with E-state index in [2.05, 4.69) is 64.0 Å². The van der Waals surface area contributed by atoms with Crippen molar-refractivity contribution in [1.82, 2.24) is 35.1 Å². The molecule has 9 heteroatoms. The Balaban J connectivity index is 1.14. The zero-order valence-corrected chi connectivity index (χ0v) is 20.2. The second kappa shape index (κ2) is 9.96. The Hall–Kier alpha value is -3.95. The van der Waals surface area contributed by atoms with Crippen LogP contribution in [0.2, 0.25) is 0 Å². The summed E-state index contributed by atoms with van der Waals surface area (Å²) in [6.07, 6.45) is 6.02. The van der Waals surface area contributed by atoms with E-state index in [9.17, 15) is 0 Å². The predicted octanol–water partition coefficient (Wildman–Crippen LogP) is 4.06. The first-order chi connectivity index (χ1) is 17.7. The Labute approximate surface area is 210 Å². The van der Waals surface area contributed by atoms with Gasteiger partial charge < -0.3 is 16.0 Å². The number of anilines is 4. The summed E-state index contributed by atoms with van der Waals surface area (Å²) in [5.41, 5.74) is 3.93. The number of aryl methyl sites for hydroxylation is 1. The minimum absolute atomic E-state index is 0.522. The monoisotopic (exact) mass is 479 g/mol. The quantitative estimate of drug-likeness (QED) is 0.362. The molecule has 3 N–H and O–H groups in total. The van der Waals surface area contributed by atoms with Gasteiger partial charge in [-0.15, -0.1) is 0 Å². The third-order valence-electron chi connectivity index (χ3n) is 6.76.